The Bertz CT molecular complexity index is 670. The van der Waals surface area contributed by atoms with E-state index in [2.05, 4.69) is 15.3 Å². The van der Waals surface area contributed by atoms with Crippen LogP contribution in [0.5, 0.6) is 0 Å². The van der Waals surface area contributed by atoms with E-state index < -0.39 is 5.97 Å². The van der Waals surface area contributed by atoms with Gasteiger partial charge in [-0.15, -0.1) is 21.5 Å². The normalized spacial score (nSPS) is 11.1. The monoisotopic (exact) mass is 266 g/mol. The summed E-state index contributed by atoms with van der Waals surface area (Å²) in [5, 5.41) is 23.4. The Kier molecular flexibility index (Phi) is 2.37. The van der Waals surface area contributed by atoms with Crippen molar-refractivity contribution in [3.63, 3.8) is 0 Å². The maximum Gasteiger partial charge on any atom is 0.310 e. The lowest BCUT2D eigenvalue weighted by atomic mass is 10.4. The van der Waals surface area contributed by atoms with E-state index in [1.54, 1.807) is 15.9 Å². The summed E-state index contributed by atoms with van der Waals surface area (Å²) >= 11 is 2.79. The van der Waals surface area contributed by atoms with E-state index in [0.29, 0.717) is 15.8 Å². The molecule has 0 bridgehead atoms. The third-order valence-electron chi connectivity index (χ3n) is 2.08. The van der Waals surface area contributed by atoms with Gasteiger partial charge in [-0.2, -0.15) is 9.61 Å². The molecular weight excluding hydrogens is 260 g/mol. The second-order valence-corrected chi connectivity index (χ2v) is 5.25. The van der Waals surface area contributed by atoms with E-state index in [1.165, 1.54) is 11.3 Å². The minimum Gasteiger partial charge on any atom is -0.481 e. The molecule has 3 aromatic heterocycles. The molecule has 0 aliphatic carbocycles. The van der Waals surface area contributed by atoms with Gasteiger partial charge in [-0.3, -0.25) is 4.79 Å². The Labute approximate surface area is 103 Å². The molecule has 0 aliphatic heterocycles. The first kappa shape index (κ1) is 10.4. The molecule has 3 rings (SSSR count). The highest BCUT2D eigenvalue weighted by atomic mass is 32.1. The zero-order valence-electron chi connectivity index (χ0n) is 8.40. The highest BCUT2D eigenvalue weighted by Crippen LogP contribution is 2.25. The first-order chi connectivity index (χ1) is 8.24. The largest absolute Gasteiger partial charge is 0.481 e. The van der Waals surface area contributed by atoms with Crippen LogP contribution < -0.4 is 0 Å². The third-order valence-corrected chi connectivity index (χ3v) is 3.84. The van der Waals surface area contributed by atoms with Crippen molar-refractivity contribution in [2.24, 2.45) is 0 Å². The highest BCUT2D eigenvalue weighted by molar-refractivity contribution is 7.16. The van der Waals surface area contributed by atoms with Crippen LogP contribution in [0.15, 0.2) is 17.5 Å². The second-order valence-electron chi connectivity index (χ2n) is 3.26. The van der Waals surface area contributed by atoms with E-state index in [1.807, 2.05) is 17.5 Å². The van der Waals surface area contributed by atoms with Crippen LogP contribution in [-0.4, -0.2) is 30.9 Å². The van der Waals surface area contributed by atoms with Gasteiger partial charge in [-0.05, 0) is 11.4 Å². The zero-order chi connectivity index (χ0) is 11.8. The van der Waals surface area contributed by atoms with Gasteiger partial charge in [0.05, 0.1) is 11.3 Å². The number of hydrogen-bond acceptors (Lipinski definition) is 6. The van der Waals surface area contributed by atoms with Gasteiger partial charge in [0.2, 0.25) is 4.96 Å². The fourth-order valence-electron chi connectivity index (χ4n) is 1.42. The lowest BCUT2D eigenvalue weighted by Crippen LogP contribution is -2.00. The summed E-state index contributed by atoms with van der Waals surface area (Å²) in [5.41, 5.74) is 0. The Balaban J connectivity index is 2.09. The molecule has 17 heavy (non-hydrogen) atoms. The molecule has 8 heteroatoms. The summed E-state index contributed by atoms with van der Waals surface area (Å²) < 4.78 is 1.59. The lowest BCUT2D eigenvalue weighted by molar-refractivity contribution is -0.136. The summed E-state index contributed by atoms with van der Waals surface area (Å²) in [6, 6.07) is 3.85. The van der Waals surface area contributed by atoms with Gasteiger partial charge >= 0.3 is 5.97 Å². The van der Waals surface area contributed by atoms with Crippen LogP contribution in [0.25, 0.3) is 15.7 Å². The number of rotatable bonds is 3. The van der Waals surface area contributed by atoms with Crippen LogP contribution in [0, 0.1) is 0 Å². The fourth-order valence-corrected chi connectivity index (χ4v) is 2.93. The molecule has 86 valence electrons. The molecule has 0 aromatic carbocycles. The van der Waals surface area contributed by atoms with Gasteiger partial charge in [-0.1, -0.05) is 17.4 Å². The molecule has 1 N–H and O–H groups in total. The quantitative estimate of drug-likeness (QED) is 0.777. The Hall–Kier alpha value is -1.80. The average Bonchev–Trinajstić information content (AvgIpc) is 2.89. The van der Waals surface area contributed by atoms with Crippen LogP contribution >= 0.6 is 22.7 Å². The first-order valence-electron chi connectivity index (χ1n) is 4.71. The molecule has 0 spiro atoms. The van der Waals surface area contributed by atoms with E-state index in [0.717, 1.165) is 4.88 Å². The van der Waals surface area contributed by atoms with Crippen molar-refractivity contribution in [1.29, 1.82) is 0 Å². The number of aliphatic carboxylic acids is 1. The minimum absolute atomic E-state index is 0.0854. The standard InChI is InChI=1S/C9H6N4O2S2/c14-7(15)4-6-12-13-8(5-2-1-3-16-5)10-11-9(13)17-6/h1-3H,4H2,(H,14,15). The van der Waals surface area contributed by atoms with Gasteiger partial charge < -0.3 is 5.11 Å². The Morgan fingerprint density at radius 2 is 2.35 bits per heavy atom. The number of carboxylic acid groups (broad SMARTS) is 1. The molecule has 0 saturated carbocycles. The predicted octanol–water partition coefficient (Wildman–Crippen LogP) is 1.54. The molecule has 0 amide bonds. The van der Waals surface area contributed by atoms with E-state index >= 15 is 0 Å². The van der Waals surface area contributed by atoms with Gasteiger partial charge in [0.15, 0.2) is 5.82 Å². The molecule has 6 nitrogen and oxygen atoms in total. The number of hydrogen-bond donors (Lipinski definition) is 1. The molecule has 0 atom stereocenters. The van der Waals surface area contributed by atoms with Crippen LogP contribution in [0.2, 0.25) is 0 Å². The van der Waals surface area contributed by atoms with Gasteiger partial charge in [0, 0.05) is 0 Å². The molecule has 3 heterocycles. The third kappa shape index (κ3) is 1.81. The number of thiophene rings is 1. The number of nitrogens with zero attached hydrogens (tertiary/aromatic N) is 4. The van der Waals surface area contributed by atoms with Crippen LogP contribution in [0.1, 0.15) is 5.01 Å². The first-order valence-corrected chi connectivity index (χ1v) is 6.40. The molecule has 3 aromatic rings. The highest BCUT2D eigenvalue weighted by Gasteiger charge is 2.15. The number of carboxylic acids is 1. The van der Waals surface area contributed by atoms with E-state index in [-0.39, 0.29) is 6.42 Å². The summed E-state index contributed by atoms with van der Waals surface area (Å²) in [4.78, 5) is 12.2. The summed E-state index contributed by atoms with van der Waals surface area (Å²) in [7, 11) is 0. The summed E-state index contributed by atoms with van der Waals surface area (Å²) in [5.74, 6) is -0.240. The van der Waals surface area contributed by atoms with Crippen LogP contribution in [0.3, 0.4) is 0 Å². The van der Waals surface area contributed by atoms with Crippen LogP contribution in [0.4, 0.5) is 0 Å². The van der Waals surface area contributed by atoms with Gasteiger partial charge in [-0.25, -0.2) is 0 Å². The molecule has 0 saturated heterocycles. The van der Waals surface area contributed by atoms with Gasteiger partial charge in [0.25, 0.3) is 0 Å². The smallest absolute Gasteiger partial charge is 0.310 e. The zero-order valence-corrected chi connectivity index (χ0v) is 10.0. The topological polar surface area (TPSA) is 80.4 Å². The van der Waals surface area contributed by atoms with Crippen molar-refractivity contribution in [2.75, 3.05) is 0 Å². The molecule has 0 unspecified atom stereocenters. The van der Waals surface area contributed by atoms with Crippen molar-refractivity contribution >= 4 is 33.6 Å². The number of carbonyl (C=O) groups is 1. The summed E-state index contributed by atoms with van der Waals surface area (Å²) in [6.07, 6.45) is -0.0854. The molecule has 0 fully saturated rings. The fraction of sp³-hybridized carbons (Fsp3) is 0.111. The van der Waals surface area contributed by atoms with E-state index in [4.69, 9.17) is 5.11 Å². The lowest BCUT2D eigenvalue weighted by Gasteiger charge is -1.90. The van der Waals surface area contributed by atoms with E-state index in [9.17, 15) is 4.79 Å². The minimum atomic E-state index is -0.896. The van der Waals surface area contributed by atoms with Crippen molar-refractivity contribution in [2.45, 2.75) is 6.42 Å². The second kappa shape index (κ2) is 3.90. The van der Waals surface area contributed by atoms with Crippen LogP contribution in [-0.2, 0) is 11.2 Å². The van der Waals surface area contributed by atoms with Crippen molar-refractivity contribution in [3.05, 3.63) is 22.5 Å². The number of fused-ring (bicyclic) bond motifs is 1. The molecule has 0 radical (unpaired) electrons. The molecule has 0 aliphatic rings. The SMILES string of the molecule is O=C(O)Cc1nn2c(-c3cccs3)nnc2s1. The number of aromatic nitrogens is 4. The van der Waals surface area contributed by atoms with Crippen molar-refractivity contribution < 1.29 is 9.90 Å². The maximum absolute atomic E-state index is 10.6. The average molecular weight is 266 g/mol. The van der Waals surface area contributed by atoms with Crippen molar-refractivity contribution in [3.8, 4) is 10.7 Å². The molecular formula is C9H6N4O2S2. The Morgan fingerprint density at radius 3 is 3.06 bits per heavy atom. The van der Waals surface area contributed by atoms with Crippen molar-refractivity contribution in [1.82, 2.24) is 19.8 Å². The summed E-state index contributed by atoms with van der Waals surface area (Å²) in [6.45, 7) is 0. The van der Waals surface area contributed by atoms with Gasteiger partial charge in [0.1, 0.15) is 5.01 Å². The predicted molar refractivity (Wildman–Crippen MR) is 63.3 cm³/mol. The maximum atomic E-state index is 10.6. The Morgan fingerprint density at radius 1 is 1.47 bits per heavy atom.